The molecule has 22 heavy (non-hydrogen) atoms. The number of urea groups is 1. The molecule has 1 heterocycles. The number of carboxylic acid groups (broad SMARTS) is 1. The summed E-state index contributed by atoms with van der Waals surface area (Å²) < 4.78 is 1.68. The number of anilines is 1. The quantitative estimate of drug-likeness (QED) is 0.885. The highest BCUT2D eigenvalue weighted by molar-refractivity contribution is 5.89. The number of aliphatic carboxylic acids is 1. The summed E-state index contributed by atoms with van der Waals surface area (Å²) in [6.07, 6.45) is 1.64. The highest BCUT2D eigenvalue weighted by Crippen LogP contribution is 2.16. The fraction of sp³-hybridized carbons (Fsp3) is 0.267. The molecule has 0 radical (unpaired) electrons. The second kappa shape index (κ2) is 6.75. The number of carboxylic acids is 1. The zero-order chi connectivity index (χ0) is 16.1. The number of rotatable bonds is 5. The van der Waals surface area contributed by atoms with Gasteiger partial charge in [-0.1, -0.05) is 18.2 Å². The molecule has 0 aliphatic rings. The number of hydrogen-bond acceptors (Lipinski definition) is 3. The van der Waals surface area contributed by atoms with E-state index in [1.807, 2.05) is 30.3 Å². The number of hydrogen-bond donors (Lipinski definition) is 2. The minimum absolute atomic E-state index is 0.0911. The van der Waals surface area contributed by atoms with Crippen LogP contribution in [0.2, 0.25) is 0 Å². The average Bonchev–Trinajstić information content (AvgIpc) is 2.86. The number of carbonyl (C=O) groups excluding carboxylic acids is 1. The number of carbonyl (C=O) groups is 2. The predicted molar refractivity (Wildman–Crippen MR) is 82.2 cm³/mol. The Morgan fingerprint density at radius 3 is 2.64 bits per heavy atom. The Morgan fingerprint density at radius 2 is 2.00 bits per heavy atom. The van der Waals surface area contributed by atoms with Crippen LogP contribution in [0, 0.1) is 6.92 Å². The molecule has 7 heteroatoms. The third-order valence-electron chi connectivity index (χ3n) is 3.17. The van der Waals surface area contributed by atoms with Crippen molar-refractivity contribution in [3.05, 3.63) is 42.2 Å². The molecule has 0 atom stereocenters. The summed E-state index contributed by atoms with van der Waals surface area (Å²) in [7, 11) is 1.55. The molecule has 1 aromatic heterocycles. The molecule has 0 aliphatic carbocycles. The van der Waals surface area contributed by atoms with Crippen molar-refractivity contribution in [2.24, 2.45) is 0 Å². The lowest BCUT2D eigenvalue weighted by Crippen LogP contribution is -2.33. The van der Waals surface area contributed by atoms with Crippen molar-refractivity contribution in [1.82, 2.24) is 14.7 Å². The second-order valence-corrected chi connectivity index (χ2v) is 4.90. The Balaban J connectivity index is 2.06. The van der Waals surface area contributed by atoms with Crippen LogP contribution >= 0.6 is 0 Å². The third-order valence-corrected chi connectivity index (χ3v) is 3.17. The molecule has 1 aromatic carbocycles. The molecule has 0 unspecified atom stereocenters. The van der Waals surface area contributed by atoms with Gasteiger partial charge < -0.3 is 15.3 Å². The SMILES string of the molecule is Cc1nn(-c2ccccc2)cc1NC(=O)N(C)CCC(=O)O. The van der Waals surface area contributed by atoms with Gasteiger partial charge in [-0.3, -0.25) is 4.79 Å². The molecule has 0 fully saturated rings. The molecular weight excluding hydrogens is 284 g/mol. The highest BCUT2D eigenvalue weighted by Gasteiger charge is 2.13. The normalized spacial score (nSPS) is 10.3. The van der Waals surface area contributed by atoms with Crippen LogP contribution in [0.1, 0.15) is 12.1 Å². The number of aryl methyl sites for hydroxylation is 1. The van der Waals surface area contributed by atoms with Gasteiger partial charge >= 0.3 is 12.0 Å². The number of amides is 2. The minimum atomic E-state index is -0.937. The number of nitrogens with one attached hydrogen (secondary N) is 1. The van der Waals surface area contributed by atoms with Gasteiger partial charge in [-0.2, -0.15) is 5.10 Å². The van der Waals surface area contributed by atoms with Crippen molar-refractivity contribution < 1.29 is 14.7 Å². The second-order valence-electron chi connectivity index (χ2n) is 4.90. The summed E-state index contributed by atoms with van der Waals surface area (Å²) in [5, 5.41) is 15.7. The van der Waals surface area contributed by atoms with Gasteiger partial charge in [0.1, 0.15) is 0 Å². The van der Waals surface area contributed by atoms with E-state index in [0.29, 0.717) is 11.4 Å². The summed E-state index contributed by atoms with van der Waals surface area (Å²) in [5.41, 5.74) is 2.17. The highest BCUT2D eigenvalue weighted by atomic mass is 16.4. The van der Waals surface area contributed by atoms with Gasteiger partial charge in [0, 0.05) is 13.6 Å². The van der Waals surface area contributed by atoms with Crippen molar-refractivity contribution in [2.45, 2.75) is 13.3 Å². The van der Waals surface area contributed by atoms with Crippen LogP contribution < -0.4 is 5.32 Å². The maximum Gasteiger partial charge on any atom is 0.321 e. The molecule has 2 aromatic rings. The van der Waals surface area contributed by atoms with Gasteiger partial charge in [0.05, 0.1) is 29.7 Å². The molecule has 2 rings (SSSR count). The van der Waals surface area contributed by atoms with E-state index >= 15 is 0 Å². The zero-order valence-corrected chi connectivity index (χ0v) is 12.5. The Bertz CT molecular complexity index is 667. The maximum absolute atomic E-state index is 12.0. The molecule has 2 N–H and O–H groups in total. The lowest BCUT2D eigenvalue weighted by molar-refractivity contribution is -0.137. The van der Waals surface area contributed by atoms with Crippen LogP contribution in [0.4, 0.5) is 10.5 Å². The molecule has 0 bridgehead atoms. The van der Waals surface area contributed by atoms with E-state index in [1.54, 1.807) is 24.9 Å². The average molecular weight is 302 g/mol. The standard InChI is InChI=1S/C15H18N4O3/c1-11-13(16-15(22)18(2)9-8-14(20)21)10-19(17-11)12-6-4-3-5-7-12/h3-7,10H,8-9H2,1-2H3,(H,16,22)(H,20,21). The summed E-state index contributed by atoms with van der Waals surface area (Å²) >= 11 is 0. The zero-order valence-electron chi connectivity index (χ0n) is 12.5. The van der Waals surface area contributed by atoms with Crippen LogP contribution in [-0.2, 0) is 4.79 Å². The van der Waals surface area contributed by atoms with Crippen LogP contribution in [-0.4, -0.2) is 45.4 Å². The van der Waals surface area contributed by atoms with Gasteiger partial charge in [0.15, 0.2) is 0 Å². The van der Waals surface area contributed by atoms with E-state index in [4.69, 9.17) is 5.11 Å². The first kappa shape index (κ1) is 15.6. The number of aromatic nitrogens is 2. The largest absolute Gasteiger partial charge is 0.481 e. The van der Waals surface area contributed by atoms with Crippen LogP contribution in [0.15, 0.2) is 36.5 Å². The molecule has 0 saturated carbocycles. The lowest BCUT2D eigenvalue weighted by Gasteiger charge is -2.16. The first-order valence-electron chi connectivity index (χ1n) is 6.83. The fourth-order valence-electron chi connectivity index (χ4n) is 1.87. The van der Waals surface area contributed by atoms with Gasteiger partial charge in [0.2, 0.25) is 0 Å². The van der Waals surface area contributed by atoms with Crippen LogP contribution in [0.25, 0.3) is 5.69 Å². The van der Waals surface area contributed by atoms with E-state index < -0.39 is 5.97 Å². The third kappa shape index (κ3) is 3.85. The number of benzene rings is 1. The van der Waals surface area contributed by atoms with Crippen molar-refractivity contribution in [2.75, 3.05) is 18.9 Å². The fourth-order valence-corrected chi connectivity index (χ4v) is 1.87. The smallest absolute Gasteiger partial charge is 0.321 e. The maximum atomic E-state index is 12.0. The molecule has 0 saturated heterocycles. The Morgan fingerprint density at radius 1 is 1.32 bits per heavy atom. The van der Waals surface area contributed by atoms with E-state index in [1.165, 1.54) is 4.90 Å². The summed E-state index contributed by atoms with van der Waals surface area (Å²) in [4.78, 5) is 23.9. The van der Waals surface area contributed by atoms with E-state index in [0.717, 1.165) is 5.69 Å². The topological polar surface area (TPSA) is 87.5 Å². The molecular formula is C15H18N4O3. The predicted octanol–water partition coefficient (Wildman–Crippen LogP) is 2.12. The van der Waals surface area contributed by atoms with Crippen molar-refractivity contribution in [1.29, 1.82) is 0 Å². The Kier molecular flexibility index (Phi) is 4.77. The van der Waals surface area contributed by atoms with Crippen LogP contribution in [0.3, 0.4) is 0 Å². The first-order chi connectivity index (χ1) is 10.5. The van der Waals surface area contributed by atoms with Gasteiger partial charge in [-0.25, -0.2) is 9.48 Å². The molecule has 116 valence electrons. The van der Waals surface area contributed by atoms with Crippen LogP contribution in [0.5, 0.6) is 0 Å². The number of para-hydroxylation sites is 1. The van der Waals surface area contributed by atoms with Crippen molar-refractivity contribution in [3.63, 3.8) is 0 Å². The minimum Gasteiger partial charge on any atom is -0.481 e. The molecule has 0 spiro atoms. The van der Waals surface area contributed by atoms with Crippen molar-refractivity contribution >= 4 is 17.7 Å². The Labute approximate surface area is 128 Å². The van der Waals surface area contributed by atoms with E-state index in [9.17, 15) is 9.59 Å². The van der Waals surface area contributed by atoms with Gasteiger partial charge in [0.25, 0.3) is 0 Å². The molecule has 0 aliphatic heterocycles. The van der Waals surface area contributed by atoms with Gasteiger partial charge in [-0.15, -0.1) is 0 Å². The molecule has 7 nitrogen and oxygen atoms in total. The Hall–Kier alpha value is -2.83. The monoisotopic (exact) mass is 302 g/mol. The van der Waals surface area contributed by atoms with Gasteiger partial charge in [-0.05, 0) is 19.1 Å². The van der Waals surface area contributed by atoms with E-state index in [-0.39, 0.29) is 19.0 Å². The number of nitrogens with zero attached hydrogens (tertiary/aromatic N) is 3. The summed E-state index contributed by atoms with van der Waals surface area (Å²) in [6.45, 7) is 1.94. The van der Waals surface area contributed by atoms with E-state index in [2.05, 4.69) is 10.4 Å². The first-order valence-corrected chi connectivity index (χ1v) is 6.83. The molecule has 2 amide bonds. The van der Waals surface area contributed by atoms with Crippen molar-refractivity contribution in [3.8, 4) is 5.69 Å². The lowest BCUT2D eigenvalue weighted by atomic mass is 10.3. The summed E-state index contributed by atoms with van der Waals surface area (Å²) in [5.74, 6) is -0.937. The summed E-state index contributed by atoms with van der Waals surface area (Å²) in [6, 6.07) is 9.19.